The van der Waals surface area contributed by atoms with Crippen molar-refractivity contribution in [2.45, 2.75) is 31.3 Å². The van der Waals surface area contributed by atoms with E-state index in [0.717, 1.165) is 11.8 Å². The minimum absolute atomic E-state index is 0.547. The molecule has 2 aliphatic heterocycles. The maximum absolute atomic E-state index is 3.88. The zero-order valence-corrected chi connectivity index (χ0v) is 12.8. The van der Waals surface area contributed by atoms with Crippen LogP contribution in [0.4, 0.5) is 11.4 Å². The lowest BCUT2D eigenvalue weighted by molar-refractivity contribution is 0.369. The van der Waals surface area contributed by atoms with Gasteiger partial charge in [-0.1, -0.05) is 36.4 Å². The largest absolute Gasteiger partial charge is 0.381 e. The number of fused-ring (bicyclic) bond motifs is 3. The lowest BCUT2D eigenvalue weighted by Crippen LogP contribution is -2.40. The highest BCUT2D eigenvalue weighted by atomic mass is 15.2. The number of hydrogen-bond acceptors (Lipinski definition) is 2. The van der Waals surface area contributed by atoms with Crippen molar-refractivity contribution in [1.82, 2.24) is 0 Å². The molecule has 1 saturated carbocycles. The molecule has 0 spiro atoms. The van der Waals surface area contributed by atoms with E-state index in [1.54, 1.807) is 0 Å². The minimum atomic E-state index is 0.547. The molecule has 22 heavy (non-hydrogen) atoms. The zero-order chi connectivity index (χ0) is 14.5. The highest BCUT2D eigenvalue weighted by molar-refractivity contribution is 5.62. The second kappa shape index (κ2) is 4.77. The molecule has 1 aliphatic carbocycles. The van der Waals surface area contributed by atoms with E-state index in [-0.39, 0.29) is 0 Å². The first-order valence-corrected chi connectivity index (χ1v) is 8.59. The monoisotopic (exact) mass is 290 g/mol. The van der Waals surface area contributed by atoms with E-state index in [1.165, 1.54) is 42.7 Å². The van der Waals surface area contributed by atoms with Crippen molar-refractivity contribution in [1.29, 1.82) is 0 Å². The second-order valence-electron chi connectivity index (χ2n) is 7.02. The van der Waals surface area contributed by atoms with E-state index in [0.29, 0.717) is 12.1 Å². The van der Waals surface area contributed by atoms with Crippen molar-refractivity contribution >= 4 is 11.4 Å². The molecule has 3 aliphatic rings. The SMILES string of the molecule is c1ccc(N2CC[C@@H]3[C@@H](C4CC4)Nc4ccccc4[C@@H]32)cc1. The molecule has 3 atom stereocenters. The highest BCUT2D eigenvalue weighted by Crippen LogP contribution is 2.52. The maximum Gasteiger partial charge on any atom is 0.0611 e. The molecule has 2 fully saturated rings. The summed E-state index contributed by atoms with van der Waals surface area (Å²) in [5.74, 6) is 1.65. The Morgan fingerprint density at radius 3 is 2.45 bits per heavy atom. The molecule has 2 heteroatoms. The standard InChI is InChI=1S/C20H22N2/c1-2-6-15(7-3-1)22-13-12-17-19(14-10-11-14)21-18-9-5-4-8-16(18)20(17)22/h1-9,14,17,19-21H,10-13H2/t17-,19-,20+/m1/s1. The van der Waals surface area contributed by atoms with Crippen molar-refractivity contribution in [2.75, 3.05) is 16.8 Å². The van der Waals surface area contributed by atoms with Crippen LogP contribution < -0.4 is 10.2 Å². The molecule has 1 saturated heterocycles. The van der Waals surface area contributed by atoms with Gasteiger partial charge in [0.1, 0.15) is 0 Å². The Hall–Kier alpha value is -1.96. The number of benzene rings is 2. The molecule has 0 bridgehead atoms. The van der Waals surface area contributed by atoms with E-state index in [2.05, 4.69) is 64.8 Å². The number of nitrogens with one attached hydrogen (secondary N) is 1. The van der Waals surface area contributed by atoms with Crippen LogP contribution in [0.15, 0.2) is 54.6 Å². The fourth-order valence-corrected chi connectivity index (χ4v) is 4.60. The summed E-state index contributed by atoms with van der Waals surface area (Å²) in [5.41, 5.74) is 4.23. The molecule has 2 aromatic rings. The van der Waals surface area contributed by atoms with Crippen molar-refractivity contribution in [2.24, 2.45) is 11.8 Å². The normalized spacial score (nSPS) is 29.6. The maximum atomic E-state index is 3.88. The molecule has 2 nitrogen and oxygen atoms in total. The first kappa shape index (κ1) is 12.6. The molecule has 2 heterocycles. The van der Waals surface area contributed by atoms with Crippen LogP contribution in [-0.2, 0) is 0 Å². The minimum Gasteiger partial charge on any atom is -0.381 e. The summed E-state index contributed by atoms with van der Waals surface area (Å²) in [5, 5.41) is 3.88. The summed E-state index contributed by atoms with van der Waals surface area (Å²) in [7, 11) is 0. The Morgan fingerprint density at radius 2 is 1.64 bits per heavy atom. The summed E-state index contributed by atoms with van der Waals surface area (Å²) in [6.45, 7) is 1.18. The van der Waals surface area contributed by atoms with Gasteiger partial charge in [-0.15, -0.1) is 0 Å². The van der Waals surface area contributed by atoms with Gasteiger partial charge in [-0.05, 0) is 48.9 Å². The summed E-state index contributed by atoms with van der Waals surface area (Å²) >= 11 is 0. The molecule has 1 N–H and O–H groups in total. The Bertz CT molecular complexity index is 677. The molecule has 0 radical (unpaired) electrons. The molecule has 0 amide bonds. The van der Waals surface area contributed by atoms with Crippen molar-refractivity contribution < 1.29 is 0 Å². The third-order valence-corrected chi connectivity index (χ3v) is 5.73. The van der Waals surface area contributed by atoms with Gasteiger partial charge in [0.15, 0.2) is 0 Å². The van der Waals surface area contributed by atoms with E-state index < -0.39 is 0 Å². The van der Waals surface area contributed by atoms with Crippen molar-refractivity contribution in [3.63, 3.8) is 0 Å². The van der Waals surface area contributed by atoms with Crippen LogP contribution in [0.1, 0.15) is 30.9 Å². The van der Waals surface area contributed by atoms with Crippen molar-refractivity contribution in [3.8, 4) is 0 Å². The van der Waals surface area contributed by atoms with Gasteiger partial charge in [0.25, 0.3) is 0 Å². The molecule has 5 rings (SSSR count). The zero-order valence-electron chi connectivity index (χ0n) is 12.8. The lowest BCUT2D eigenvalue weighted by atomic mass is 9.81. The fourth-order valence-electron chi connectivity index (χ4n) is 4.60. The molecular formula is C20H22N2. The van der Waals surface area contributed by atoms with Gasteiger partial charge < -0.3 is 10.2 Å². The van der Waals surface area contributed by atoms with Crippen LogP contribution in [0, 0.1) is 11.8 Å². The average Bonchev–Trinajstić information content (AvgIpc) is 3.33. The quantitative estimate of drug-likeness (QED) is 0.878. The summed E-state index contributed by atoms with van der Waals surface area (Å²) in [6, 6.07) is 21.1. The Kier molecular flexibility index (Phi) is 2.73. The van der Waals surface area contributed by atoms with Gasteiger partial charge in [0, 0.05) is 29.9 Å². The summed E-state index contributed by atoms with van der Waals surface area (Å²) in [4.78, 5) is 2.64. The van der Waals surface area contributed by atoms with Gasteiger partial charge in [-0.2, -0.15) is 0 Å². The number of anilines is 2. The van der Waals surface area contributed by atoms with Crippen LogP contribution in [0.5, 0.6) is 0 Å². The van der Waals surface area contributed by atoms with Gasteiger partial charge in [0.2, 0.25) is 0 Å². The first-order valence-electron chi connectivity index (χ1n) is 8.59. The smallest absolute Gasteiger partial charge is 0.0611 e. The number of rotatable bonds is 2. The van der Waals surface area contributed by atoms with Crippen molar-refractivity contribution in [3.05, 3.63) is 60.2 Å². The van der Waals surface area contributed by atoms with E-state index in [9.17, 15) is 0 Å². The van der Waals surface area contributed by atoms with Gasteiger partial charge in [-0.3, -0.25) is 0 Å². The summed E-state index contributed by atoms with van der Waals surface area (Å²) < 4.78 is 0. The third kappa shape index (κ3) is 1.86. The van der Waals surface area contributed by atoms with Crippen LogP contribution in [0.3, 0.4) is 0 Å². The fraction of sp³-hybridized carbons (Fsp3) is 0.400. The van der Waals surface area contributed by atoms with Crippen LogP contribution in [0.2, 0.25) is 0 Å². The third-order valence-electron chi connectivity index (χ3n) is 5.73. The average molecular weight is 290 g/mol. The van der Waals surface area contributed by atoms with Crippen LogP contribution in [0.25, 0.3) is 0 Å². The predicted octanol–water partition coefficient (Wildman–Crippen LogP) is 4.46. The molecule has 112 valence electrons. The lowest BCUT2D eigenvalue weighted by Gasteiger charge is -2.40. The van der Waals surface area contributed by atoms with Gasteiger partial charge in [0.05, 0.1) is 6.04 Å². The Balaban J connectivity index is 1.60. The van der Waals surface area contributed by atoms with Gasteiger partial charge in [-0.25, -0.2) is 0 Å². The van der Waals surface area contributed by atoms with Crippen LogP contribution in [-0.4, -0.2) is 12.6 Å². The second-order valence-corrected chi connectivity index (χ2v) is 7.02. The highest BCUT2D eigenvalue weighted by Gasteiger charge is 2.48. The number of hydrogen-bond donors (Lipinski definition) is 1. The van der Waals surface area contributed by atoms with E-state index in [1.807, 2.05) is 0 Å². The Labute approximate surface area is 132 Å². The van der Waals surface area contributed by atoms with E-state index >= 15 is 0 Å². The van der Waals surface area contributed by atoms with E-state index in [4.69, 9.17) is 0 Å². The summed E-state index contributed by atoms with van der Waals surface area (Å²) in [6.07, 6.45) is 4.13. The molecular weight excluding hydrogens is 268 g/mol. The Morgan fingerprint density at radius 1 is 0.864 bits per heavy atom. The predicted molar refractivity (Wildman–Crippen MR) is 91.2 cm³/mol. The topological polar surface area (TPSA) is 15.3 Å². The number of para-hydroxylation sites is 2. The molecule has 2 aromatic carbocycles. The first-order chi connectivity index (χ1) is 10.9. The molecule has 0 aromatic heterocycles. The van der Waals surface area contributed by atoms with Crippen LogP contribution >= 0.6 is 0 Å². The molecule has 0 unspecified atom stereocenters. The number of nitrogens with zero attached hydrogens (tertiary/aromatic N) is 1. The van der Waals surface area contributed by atoms with Gasteiger partial charge >= 0.3 is 0 Å².